The molecule has 16 heavy (non-hydrogen) atoms. The molecule has 0 aliphatic heterocycles. The molecule has 0 atom stereocenters. The molecule has 2 aromatic heterocycles. The molecule has 0 saturated carbocycles. The van der Waals surface area contributed by atoms with E-state index >= 15 is 0 Å². The van der Waals surface area contributed by atoms with Crippen LogP contribution in [0.25, 0.3) is 16.6 Å². The summed E-state index contributed by atoms with van der Waals surface area (Å²) < 4.78 is 4.87. The van der Waals surface area contributed by atoms with Crippen LogP contribution in [0.4, 0.5) is 0 Å². The van der Waals surface area contributed by atoms with Gasteiger partial charge in [0.25, 0.3) is 0 Å². The van der Waals surface area contributed by atoms with E-state index in [-0.39, 0.29) is 0 Å². The first-order valence-corrected chi connectivity index (χ1v) is 5.80. The molecule has 80 valence electrons. The van der Waals surface area contributed by atoms with Crippen LogP contribution in [0, 0.1) is 0 Å². The summed E-state index contributed by atoms with van der Waals surface area (Å²) in [4.78, 5) is 0. The van der Waals surface area contributed by atoms with Crippen molar-refractivity contribution in [3.8, 4) is 5.69 Å². The van der Waals surface area contributed by atoms with Gasteiger partial charge in [0.1, 0.15) is 4.60 Å². The van der Waals surface area contributed by atoms with Crippen LogP contribution in [0.2, 0.25) is 0 Å². The lowest BCUT2D eigenvalue weighted by Gasteiger charge is -2.00. The number of rotatable bonds is 1. The quantitative estimate of drug-likeness (QED) is 0.669. The van der Waals surface area contributed by atoms with Crippen molar-refractivity contribution in [3.63, 3.8) is 0 Å². The van der Waals surface area contributed by atoms with Crippen molar-refractivity contribution in [2.24, 2.45) is 7.05 Å². The molecule has 0 unspecified atom stereocenters. The van der Waals surface area contributed by atoms with Gasteiger partial charge in [0.2, 0.25) is 0 Å². The Balaban J connectivity index is 2.23. The number of hydrogen-bond donors (Lipinski definition) is 0. The van der Waals surface area contributed by atoms with E-state index in [1.165, 1.54) is 0 Å². The molecule has 0 N–H and O–H groups in total. The van der Waals surface area contributed by atoms with Crippen LogP contribution < -0.4 is 0 Å². The maximum atomic E-state index is 4.30. The third-order valence-electron chi connectivity index (χ3n) is 2.67. The highest BCUT2D eigenvalue weighted by molar-refractivity contribution is 9.10. The summed E-state index contributed by atoms with van der Waals surface area (Å²) in [6.07, 6.45) is 4.17. The molecule has 0 aliphatic rings. The molecule has 0 amide bonds. The molecule has 3 aromatic rings. The second kappa shape index (κ2) is 3.49. The van der Waals surface area contributed by atoms with Crippen molar-refractivity contribution in [1.29, 1.82) is 0 Å². The topological polar surface area (TPSA) is 22.8 Å². The fourth-order valence-corrected chi connectivity index (χ4v) is 2.39. The molecule has 0 radical (unpaired) electrons. The number of aromatic nitrogens is 3. The van der Waals surface area contributed by atoms with Gasteiger partial charge in [-0.25, -0.2) is 0 Å². The van der Waals surface area contributed by atoms with E-state index in [2.05, 4.69) is 50.1 Å². The number of fused-ring (bicyclic) bond motifs is 1. The lowest BCUT2D eigenvalue weighted by atomic mass is 10.3. The number of para-hydroxylation sites is 1. The van der Waals surface area contributed by atoms with Crippen molar-refractivity contribution in [3.05, 3.63) is 47.3 Å². The summed E-state index contributed by atoms with van der Waals surface area (Å²) in [7, 11) is 1.95. The standard InChI is InChI=1S/C12H10BrN3/c1-15-11-8-16(7-10(11)12(13)14-15)9-5-3-2-4-6-9/h2-8H,1H3. The summed E-state index contributed by atoms with van der Waals surface area (Å²) in [6, 6.07) is 10.3. The zero-order valence-corrected chi connectivity index (χ0v) is 10.3. The molecule has 0 spiro atoms. The van der Waals surface area contributed by atoms with Crippen LogP contribution in [-0.4, -0.2) is 14.3 Å². The second-order valence-corrected chi connectivity index (χ2v) is 4.47. The van der Waals surface area contributed by atoms with Crippen molar-refractivity contribution in [2.75, 3.05) is 0 Å². The molecule has 3 nitrogen and oxygen atoms in total. The molecule has 2 heterocycles. The Morgan fingerprint density at radius 3 is 2.56 bits per heavy atom. The summed E-state index contributed by atoms with van der Waals surface area (Å²) in [5.41, 5.74) is 2.28. The fraction of sp³-hybridized carbons (Fsp3) is 0.0833. The summed E-state index contributed by atoms with van der Waals surface area (Å²) >= 11 is 3.46. The van der Waals surface area contributed by atoms with Crippen LogP contribution in [0.5, 0.6) is 0 Å². The third-order valence-corrected chi connectivity index (χ3v) is 3.25. The van der Waals surface area contributed by atoms with Gasteiger partial charge in [0.15, 0.2) is 0 Å². The highest BCUT2D eigenvalue weighted by atomic mass is 79.9. The first-order valence-electron chi connectivity index (χ1n) is 5.01. The first-order chi connectivity index (χ1) is 7.75. The predicted octanol–water partition coefficient (Wildman–Crippen LogP) is 3.13. The van der Waals surface area contributed by atoms with Crippen LogP contribution in [0.1, 0.15) is 0 Å². The van der Waals surface area contributed by atoms with E-state index in [4.69, 9.17) is 0 Å². The number of benzene rings is 1. The van der Waals surface area contributed by atoms with Crippen molar-refractivity contribution >= 4 is 26.8 Å². The minimum Gasteiger partial charge on any atom is -0.321 e. The zero-order valence-electron chi connectivity index (χ0n) is 8.76. The number of halogens is 1. The zero-order chi connectivity index (χ0) is 11.1. The molecular formula is C12H10BrN3. The minimum absolute atomic E-state index is 0.889. The maximum absolute atomic E-state index is 4.30. The van der Waals surface area contributed by atoms with E-state index in [1.54, 1.807) is 0 Å². The maximum Gasteiger partial charge on any atom is 0.137 e. The van der Waals surface area contributed by atoms with E-state index in [0.717, 1.165) is 21.2 Å². The Labute approximate surface area is 101 Å². The molecule has 0 fully saturated rings. The summed E-state index contributed by atoms with van der Waals surface area (Å²) in [5, 5.41) is 5.44. The van der Waals surface area contributed by atoms with E-state index in [0.29, 0.717) is 0 Å². The van der Waals surface area contributed by atoms with Gasteiger partial charge in [-0.15, -0.1) is 0 Å². The Morgan fingerprint density at radius 2 is 1.88 bits per heavy atom. The third kappa shape index (κ3) is 1.38. The average molecular weight is 276 g/mol. The molecular weight excluding hydrogens is 266 g/mol. The molecule has 0 aliphatic carbocycles. The van der Waals surface area contributed by atoms with E-state index < -0.39 is 0 Å². The van der Waals surface area contributed by atoms with Gasteiger partial charge < -0.3 is 4.57 Å². The smallest absolute Gasteiger partial charge is 0.137 e. The van der Waals surface area contributed by atoms with Gasteiger partial charge in [-0.2, -0.15) is 5.10 Å². The Morgan fingerprint density at radius 1 is 1.12 bits per heavy atom. The van der Waals surface area contributed by atoms with Gasteiger partial charge in [0, 0.05) is 25.1 Å². The van der Waals surface area contributed by atoms with Gasteiger partial charge in [-0.05, 0) is 28.1 Å². The van der Waals surface area contributed by atoms with Crippen LogP contribution in [-0.2, 0) is 7.05 Å². The van der Waals surface area contributed by atoms with Gasteiger partial charge in [0.05, 0.1) is 10.9 Å². The van der Waals surface area contributed by atoms with Crippen molar-refractivity contribution in [2.45, 2.75) is 0 Å². The molecule has 4 heteroatoms. The first kappa shape index (κ1) is 9.66. The van der Waals surface area contributed by atoms with Crippen LogP contribution >= 0.6 is 15.9 Å². The van der Waals surface area contributed by atoms with Crippen LogP contribution in [0.15, 0.2) is 47.3 Å². The van der Waals surface area contributed by atoms with Gasteiger partial charge in [-0.3, -0.25) is 4.68 Å². The number of nitrogens with zero attached hydrogens (tertiary/aromatic N) is 3. The number of hydrogen-bond acceptors (Lipinski definition) is 1. The molecule has 0 bridgehead atoms. The Hall–Kier alpha value is -1.55. The van der Waals surface area contributed by atoms with Gasteiger partial charge in [-0.1, -0.05) is 18.2 Å². The Kier molecular flexibility index (Phi) is 2.11. The monoisotopic (exact) mass is 275 g/mol. The average Bonchev–Trinajstić information content (AvgIpc) is 2.83. The lowest BCUT2D eigenvalue weighted by Crippen LogP contribution is -1.92. The van der Waals surface area contributed by atoms with Crippen molar-refractivity contribution < 1.29 is 0 Å². The van der Waals surface area contributed by atoms with E-state index in [9.17, 15) is 0 Å². The second-order valence-electron chi connectivity index (χ2n) is 3.71. The highest BCUT2D eigenvalue weighted by Crippen LogP contribution is 2.25. The summed E-state index contributed by atoms with van der Waals surface area (Å²) in [6.45, 7) is 0. The fourth-order valence-electron chi connectivity index (χ4n) is 1.85. The van der Waals surface area contributed by atoms with Crippen molar-refractivity contribution in [1.82, 2.24) is 14.3 Å². The summed E-state index contributed by atoms with van der Waals surface area (Å²) in [5.74, 6) is 0. The van der Waals surface area contributed by atoms with Gasteiger partial charge >= 0.3 is 0 Å². The Bertz CT molecular complexity index is 602. The number of aryl methyl sites for hydroxylation is 1. The molecule has 0 saturated heterocycles. The minimum atomic E-state index is 0.889. The normalized spacial score (nSPS) is 11.1. The largest absolute Gasteiger partial charge is 0.321 e. The molecule has 3 rings (SSSR count). The predicted molar refractivity (Wildman–Crippen MR) is 67.7 cm³/mol. The SMILES string of the molecule is Cn1nc(Br)c2cn(-c3ccccc3)cc21. The lowest BCUT2D eigenvalue weighted by molar-refractivity contribution is 0.785. The molecule has 1 aromatic carbocycles. The highest BCUT2D eigenvalue weighted by Gasteiger charge is 2.09. The van der Waals surface area contributed by atoms with Crippen LogP contribution in [0.3, 0.4) is 0 Å². The van der Waals surface area contributed by atoms with E-state index in [1.807, 2.05) is 29.9 Å².